The lowest BCUT2D eigenvalue weighted by Crippen LogP contribution is -2.36. The van der Waals surface area contributed by atoms with Gasteiger partial charge in [0.2, 0.25) is 0 Å². The lowest BCUT2D eigenvalue weighted by molar-refractivity contribution is -0.385. The second-order valence-corrected chi connectivity index (χ2v) is 6.21. The Morgan fingerprint density at radius 3 is 2.69 bits per heavy atom. The molecular formula is C18H19N3O5. The van der Waals surface area contributed by atoms with Gasteiger partial charge in [-0.3, -0.25) is 10.1 Å². The highest BCUT2D eigenvalue weighted by Crippen LogP contribution is 2.24. The number of pyridine rings is 1. The zero-order chi connectivity index (χ0) is 18.5. The molecule has 0 saturated carbocycles. The van der Waals surface area contributed by atoms with Gasteiger partial charge in [-0.05, 0) is 43.0 Å². The number of rotatable bonds is 6. The van der Waals surface area contributed by atoms with E-state index in [1.807, 2.05) is 0 Å². The molecule has 1 aromatic heterocycles. The highest BCUT2D eigenvalue weighted by molar-refractivity contribution is 5.87. The summed E-state index contributed by atoms with van der Waals surface area (Å²) in [6.45, 7) is 2.13. The molecule has 1 aromatic carbocycles. The Labute approximate surface area is 150 Å². The molecular weight excluding hydrogens is 338 g/mol. The van der Waals surface area contributed by atoms with Crippen LogP contribution in [-0.4, -0.2) is 40.7 Å². The summed E-state index contributed by atoms with van der Waals surface area (Å²) in [5, 5.41) is 19.7. The summed E-state index contributed by atoms with van der Waals surface area (Å²) in [6.07, 6.45) is 3.11. The predicted molar refractivity (Wildman–Crippen MR) is 94.7 cm³/mol. The van der Waals surface area contributed by atoms with Crippen molar-refractivity contribution >= 4 is 17.5 Å². The molecule has 0 atom stereocenters. The average molecular weight is 357 g/mol. The van der Waals surface area contributed by atoms with Crippen LogP contribution in [0.3, 0.4) is 0 Å². The van der Waals surface area contributed by atoms with Gasteiger partial charge < -0.3 is 14.7 Å². The van der Waals surface area contributed by atoms with Gasteiger partial charge in [0.1, 0.15) is 17.8 Å². The number of aromatic nitrogens is 1. The molecule has 1 aliphatic rings. The summed E-state index contributed by atoms with van der Waals surface area (Å²) in [5.41, 5.74) is 0.196. The van der Waals surface area contributed by atoms with Crippen LogP contribution in [0.25, 0.3) is 0 Å². The second kappa shape index (κ2) is 7.81. The van der Waals surface area contributed by atoms with Crippen LogP contribution in [-0.2, 0) is 0 Å². The first-order valence-electron chi connectivity index (χ1n) is 8.34. The van der Waals surface area contributed by atoms with Crippen LogP contribution in [0.2, 0.25) is 0 Å². The van der Waals surface area contributed by atoms with Crippen LogP contribution in [0, 0.1) is 16.0 Å². The maximum Gasteiger partial charge on any atom is 0.335 e. The SMILES string of the molecule is O=C(O)c1cccc(OCC2CCN(c3ccc([N+](=O)[O-])cn3)CC2)c1. The number of hydrogen-bond acceptors (Lipinski definition) is 6. The number of carboxylic acids is 1. The van der Waals surface area contributed by atoms with E-state index in [2.05, 4.69) is 9.88 Å². The van der Waals surface area contributed by atoms with Gasteiger partial charge in [0, 0.05) is 19.2 Å². The number of carbonyl (C=O) groups is 1. The molecule has 1 fully saturated rings. The first-order valence-corrected chi connectivity index (χ1v) is 8.34. The van der Waals surface area contributed by atoms with E-state index in [4.69, 9.17) is 9.84 Å². The quantitative estimate of drug-likeness (QED) is 0.626. The van der Waals surface area contributed by atoms with Crippen LogP contribution in [0.1, 0.15) is 23.2 Å². The Bertz CT molecular complexity index is 786. The van der Waals surface area contributed by atoms with Crippen LogP contribution < -0.4 is 9.64 Å². The van der Waals surface area contributed by atoms with Gasteiger partial charge in [0.25, 0.3) is 5.69 Å². The lowest BCUT2D eigenvalue weighted by Gasteiger charge is -2.32. The van der Waals surface area contributed by atoms with Crippen molar-refractivity contribution in [2.75, 3.05) is 24.6 Å². The zero-order valence-electron chi connectivity index (χ0n) is 14.1. The molecule has 8 heteroatoms. The fraction of sp³-hybridized carbons (Fsp3) is 0.333. The van der Waals surface area contributed by atoms with Gasteiger partial charge >= 0.3 is 5.97 Å². The molecule has 0 bridgehead atoms. The van der Waals surface area contributed by atoms with Crippen molar-refractivity contribution < 1.29 is 19.6 Å². The van der Waals surface area contributed by atoms with E-state index in [9.17, 15) is 14.9 Å². The van der Waals surface area contributed by atoms with Gasteiger partial charge in [0.15, 0.2) is 0 Å². The van der Waals surface area contributed by atoms with Crippen molar-refractivity contribution in [3.8, 4) is 5.75 Å². The van der Waals surface area contributed by atoms with Crippen LogP contribution in [0.15, 0.2) is 42.6 Å². The van der Waals surface area contributed by atoms with Gasteiger partial charge in [-0.2, -0.15) is 0 Å². The first kappa shape index (κ1) is 17.7. The first-order chi connectivity index (χ1) is 12.5. The predicted octanol–water partition coefficient (Wildman–Crippen LogP) is 2.98. The Hall–Kier alpha value is -3.16. The Kier molecular flexibility index (Phi) is 5.31. The largest absolute Gasteiger partial charge is 0.493 e. The molecule has 0 spiro atoms. The van der Waals surface area contributed by atoms with Gasteiger partial charge in [-0.15, -0.1) is 0 Å². The normalized spacial score (nSPS) is 14.8. The van der Waals surface area contributed by atoms with E-state index in [0.717, 1.165) is 31.7 Å². The van der Waals surface area contributed by atoms with Crippen molar-refractivity contribution in [1.29, 1.82) is 0 Å². The minimum atomic E-state index is -0.973. The number of ether oxygens (including phenoxy) is 1. The van der Waals surface area contributed by atoms with Crippen molar-refractivity contribution in [3.05, 3.63) is 58.3 Å². The number of piperidine rings is 1. The number of nitrogens with zero attached hydrogens (tertiary/aromatic N) is 3. The fourth-order valence-electron chi connectivity index (χ4n) is 2.94. The topological polar surface area (TPSA) is 106 Å². The number of carboxylic acid groups (broad SMARTS) is 1. The van der Waals surface area contributed by atoms with Crippen LogP contribution in [0.4, 0.5) is 11.5 Å². The maximum absolute atomic E-state index is 11.0. The highest BCUT2D eigenvalue weighted by Gasteiger charge is 2.21. The molecule has 2 aromatic rings. The summed E-state index contributed by atoms with van der Waals surface area (Å²) in [7, 11) is 0. The molecule has 0 amide bonds. The van der Waals surface area contributed by atoms with Crippen molar-refractivity contribution in [1.82, 2.24) is 4.98 Å². The van der Waals surface area contributed by atoms with Gasteiger partial charge in [0.05, 0.1) is 17.1 Å². The maximum atomic E-state index is 11.0. The molecule has 0 unspecified atom stereocenters. The molecule has 2 heterocycles. The summed E-state index contributed by atoms with van der Waals surface area (Å²) < 4.78 is 5.75. The molecule has 8 nitrogen and oxygen atoms in total. The molecule has 0 aliphatic carbocycles. The van der Waals surface area contributed by atoms with E-state index >= 15 is 0 Å². The molecule has 26 heavy (non-hydrogen) atoms. The Balaban J connectivity index is 1.50. The number of hydrogen-bond donors (Lipinski definition) is 1. The number of anilines is 1. The van der Waals surface area contributed by atoms with Crippen molar-refractivity contribution in [2.24, 2.45) is 5.92 Å². The summed E-state index contributed by atoms with van der Waals surface area (Å²) in [6, 6.07) is 9.62. The van der Waals surface area contributed by atoms with Crippen molar-refractivity contribution in [3.63, 3.8) is 0 Å². The van der Waals surface area contributed by atoms with Crippen molar-refractivity contribution in [2.45, 2.75) is 12.8 Å². The van der Waals surface area contributed by atoms with E-state index in [1.165, 1.54) is 24.4 Å². The smallest absolute Gasteiger partial charge is 0.335 e. The van der Waals surface area contributed by atoms with Crippen LogP contribution >= 0.6 is 0 Å². The third-order valence-corrected chi connectivity index (χ3v) is 4.45. The summed E-state index contributed by atoms with van der Waals surface area (Å²) in [4.78, 5) is 27.5. The van der Waals surface area contributed by atoms with E-state index < -0.39 is 10.9 Å². The molecule has 0 radical (unpaired) electrons. The Morgan fingerprint density at radius 1 is 1.31 bits per heavy atom. The molecule has 3 rings (SSSR count). The highest BCUT2D eigenvalue weighted by atomic mass is 16.6. The second-order valence-electron chi connectivity index (χ2n) is 6.21. The zero-order valence-corrected chi connectivity index (χ0v) is 14.1. The minimum absolute atomic E-state index is 0.0133. The molecule has 136 valence electrons. The van der Waals surface area contributed by atoms with E-state index in [0.29, 0.717) is 18.3 Å². The number of aromatic carboxylic acids is 1. The molecule has 1 aliphatic heterocycles. The summed E-state index contributed by atoms with van der Waals surface area (Å²) in [5.74, 6) is 0.700. The van der Waals surface area contributed by atoms with Gasteiger partial charge in [-0.25, -0.2) is 9.78 Å². The third kappa shape index (κ3) is 4.27. The molecule has 1 saturated heterocycles. The number of nitro groups is 1. The van der Waals surface area contributed by atoms with E-state index in [1.54, 1.807) is 18.2 Å². The Morgan fingerprint density at radius 2 is 2.08 bits per heavy atom. The van der Waals surface area contributed by atoms with Gasteiger partial charge in [-0.1, -0.05) is 6.07 Å². The standard InChI is InChI=1S/C18H19N3O5/c22-18(23)14-2-1-3-16(10-14)26-12-13-6-8-20(9-7-13)17-5-4-15(11-19-17)21(24)25/h1-5,10-11,13H,6-9,12H2,(H,22,23). The third-order valence-electron chi connectivity index (χ3n) is 4.45. The minimum Gasteiger partial charge on any atom is -0.493 e. The average Bonchev–Trinajstić information content (AvgIpc) is 2.67. The van der Waals surface area contributed by atoms with E-state index in [-0.39, 0.29) is 11.3 Å². The van der Waals surface area contributed by atoms with Crippen LogP contribution in [0.5, 0.6) is 5.75 Å². The number of benzene rings is 1. The fourth-order valence-corrected chi connectivity index (χ4v) is 2.94. The molecule has 1 N–H and O–H groups in total. The summed E-state index contributed by atoms with van der Waals surface area (Å²) >= 11 is 0. The monoisotopic (exact) mass is 357 g/mol. The lowest BCUT2D eigenvalue weighted by atomic mass is 9.98.